The molecule has 1 fully saturated rings. The zero-order valence-corrected chi connectivity index (χ0v) is 13.4. The maximum atomic E-state index is 12.0. The van der Waals surface area contributed by atoms with Crippen molar-refractivity contribution in [3.05, 3.63) is 0 Å². The number of carbonyl (C=O) groups is 2. The molecule has 1 heterocycles. The molecule has 0 radical (unpaired) electrons. The van der Waals surface area contributed by atoms with Gasteiger partial charge in [-0.05, 0) is 47.0 Å². The minimum atomic E-state index is -0.470. The van der Waals surface area contributed by atoms with Crippen molar-refractivity contribution >= 4 is 12.0 Å². The third-order valence-corrected chi connectivity index (χ3v) is 3.52. The second kappa shape index (κ2) is 6.95. The Bertz CT molecular complexity index is 342. The molecule has 0 aromatic heterocycles. The summed E-state index contributed by atoms with van der Waals surface area (Å²) in [5.74, 6) is 0.130. The number of likely N-dealkylation sites (tertiary alicyclic amines) is 1. The lowest BCUT2D eigenvalue weighted by Crippen LogP contribution is -2.46. The molecular weight excluding hydrogens is 256 g/mol. The summed E-state index contributed by atoms with van der Waals surface area (Å²) < 4.78 is 5.34. The van der Waals surface area contributed by atoms with Crippen LogP contribution in [-0.2, 0) is 9.53 Å². The predicted octanol–water partition coefficient (Wildman–Crippen LogP) is 2.55. The van der Waals surface area contributed by atoms with Crippen molar-refractivity contribution in [2.24, 2.45) is 5.92 Å². The Morgan fingerprint density at radius 1 is 1.30 bits per heavy atom. The lowest BCUT2D eigenvalue weighted by molar-refractivity contribution is -0.127. The van der Waals surface area contributed by atoms with Crippen LogP contribution < -0.4 is 5.32 Å². The van der Waals surface area contributed by atoms with Crippen molar-refractivity contribution in [3.8, 4) is 0 Å². The van der Waals surface area contributed by atoms with Crippen LogP contribution in [0.15, 0.2) is 0 Å². The Labute approximate surface area is 122 Å². The van der Waals surface area contributed by atoms with Gasteiger partial charge in [-0.15, -0.1) is 0 Å². The van der Waals surface area contributed by atoms with Crippen LogP contribution in [0.3, 0.4) is 0 Å². The summed E-state index contributed by atoms with van der Waals surface area (Å²) in [6.45, 7) is 10.8. The number of carbonyl (C=O) groups excluding carboxylic acids is 2. The highest BCUT2D eigenvalue weighted by molar-refractivity contribution is 5.79. The second-order valence-corrected chi connectivity index (χ2v) is 6.56. The van der Waals surface area contributed by atoms with Gasteiger partial charge in [0.2, 0.25) is 5.91 Å². The van der Waals surface area contributed by atoms with Gasteiger partial charge in [-0.25, -0.2) is 4.79 Å². The predicted molar refractivity (Wildman–Crippen MR) is 78.4 cm³/mol. The van der Waals surface area contributed by atoms with Gasteiger partial charge >= 0.3 is 6.09 Å². The van der Waals surface area contributed by atoms with Gasteiger partial charge in [-0.2, -0.15) is 0 Å². The Morgan fingerprint density at radius 2 is 1.85 bits per heavy atom. The number of amides is 2. The molecule has 0 saturated carbocycles. The summed E-state index contributed by atoms with van der Waals surface area (Å²) in [4.78, 5) is 25.6. The minimum absolute atomic E-state index is 0.0164. The van der Waals surface area contributed by atoms with Crippen molar-refractivity contribution in [1.29, 1.82) is 0 Å². The number of nitrogens with one attached hydrogen (secondary N) is 1. The highest BCUT2D eigenvalue weighted by Gasteiger charge is 2.30. The van der Waals surface area contributed by atoms with E-state index >= 15 is 0 Å². The number of hydrogen-bond donors (Lipinski definition) is 1. The molecule has 0 aromatic rings. The molecule has 0 unspecified atom stereocenters. The molecule has 0 spiro atoms. The summed E-state index contributed by atoms with van der Waals surface area (Å²) in [5.41, 5.74) is -0.470. The fourth-order valence-corrected chi connectivity index (χ4v) is 2.11. The number of ether oxygens (including phenoxy) is 1. The van der Waals surface area contributed by atoms with Crippen LogP contribution in [0.4, 0.5) is 4.79 Å². The van der Waals surface area contributed by atoms with Gasteiger partial charge in [0.05, 0.1) is 0 Å². The van der Waals surface area contributed by atoms with Gasteiger partial charge in [0.1, 0.15) is 5.60 Å². The Kier molecular flexibility index (Phi) is 5.84. The van der Waals surface area contributed by atoms with E-state index in [4.69, 9.17) is 4.74 Å². The van der Waals surface area contributed by atoms with E-state index in [2.05, 4.69) is 12.2 Å². The van der Waals surface area contributed by atoms with E-state index in [1.54, 1.807) is 4.90 Å². The molecule has 1 atom stereocenters. The Morgan fingerprint density at radius 3 is 2.30 bits per heavy atom. The number of nitrogens with zero attached hydrogens (tertiary/aromatic N) is 1. The maximum absolute atomic E-state index is 12.0. The molecule has 1 rings (SSSR count). The van der Waals surface area contributed by atoms with Crippen LogP contribution in [-0.4, -0.2) is 41.6 Å². The minimum Gasteiger partial charge on any atom is -0.444 e. The van der Waals surface area contributed by atoms with E-state index in [0.29, 0.717) is 25.9 Å². The molecule has 1 N–H and O–H groups in total. The lowest BCUT2D eigenvalue weighted by atomic mass is 9.96. The lowest BCUT2D eigenvalue weighted by Gasteiger charge is -2.33. The van der Waals surface area contributed by atoms with E-state index in [0.717, 1.165) is 6.42 Å². The first-order valence-electron chi connectivity index (χ1n) is 7.51. The van der Waals surface area contributed by atoms with Crippen LogP contribution in [0, 0.1) is 5.92 Å². The molecule has 0 aliphatic carbocycles. The molecular formula is C15H28N2O3. The molecule has 116 valence electrons. The fourth-order valence-electron chi connectivity index (χ4n) is 2.11. The molecule has 0 bridgehead atoms. The van der Waals surface area contributed by atoms with Gasteiger partial charge < -0.3 is 15.0 Å². The zero-order chi connectivity index (χ0) is 15.3. The summed E-state index contributed by atoms with van der Waals surface area (Å²) in [6.07, 6.45) is 2.07. The standard InChI is InChI=1S/C15H28N2O3/c1-6-11(2)16-13(18)12-7-9-17(10-8-12)14(19)20-15(3,4)5/h11-12H,6-10H2,1-5H3,(H,16,18)/t11-/m1/s1. The molecule has 5 nitrogen and oxygen atoms in total. The molecule has 1 aliphatic rings. The number of hydrogen-bond acceptors (Lipinski definition) is 3. The summed E-state index contributed by atoms with van der Waals surface area (Å²) in [7, 11) is 0. The van der Waals surface area contributed by atoms with Gasteiger partial charge in [0.25, 0.3) is 0 Å². The quantitative estimate of drug-likeness (QED) is 0.866. The van der Waals surface area contributed by atoms with Gasteiger partial charge in [-0.3, -0.25) is 4.79 Å². The van der Waals surface area contributed by atoms with Crippen molar-refractivity contribution < 1.29 is 14.3 Å². The van der Waals surface area contributed by atoms with Crippen LogP contribution >= 0.6 is 0 Å². The van der Waals surface area contributed by atoms with E-state index < -0.39 is 5.60 Å². The van der Waals surface area contributed by atoms with E-state index in [-0.39, 0.29) is 24.0 Å². The van der Waals surface area contributed by atoms with Crippen molar-refractivity contribution in [2.75, 3.05) is 13.1 Å². The average Bonchev–Trinajstić information content (AvgIpc) is 2.36. The summed E-state index contributed by atoms with van der Waals surface area (Å²) >= 11 is 0. The highest BCUT2D eigenvalue weighted by atomic mass is 16.6. The third-order valence-electron chi connectivity index (χ3n) is 3.52. The molecule has 2 amide bonds. The smallest absolute Gasteiger partial charge is 0.410 e. The van der Waals surface area contributed by atoms with Gasteiger partial charge in [0, 0.05) is 25.0 Å². The topological polar surface area (TPSA) is 58.6 Å². The largest absolute Gasteiger partial charge is 0.444 e. The molecule has 1 saturated heterocycles. The van der Waals surface area contributed by atoms with Crippen LogP contribution in [0.2, 0.25) is 0 Å². The van der Waals surface area contributed by atoms with Gasteiger partial charge in [0.15, 0.2) is 0 Å². The average molecular weight is 284 g/mol. The SMILES string of the molecule is CC[C@@H](C)NC(=O)C1CCN(C(=O)OC(C)(C)C)CC1. The normalized spacial score (nSPS) is 18.6. The van der Waals surface area contributed by atoms with Crippen molar-refractivity contribution in [1.82, 2.24) is 10.2 Å². The van der Waals surface area contributed by atoms with Crippen LogP contribution in [0.5, 0.6) is 0 Å². The van der Waals surface area contributed by atoms with Crippen LogP contribution in [0.25, 0.3) is 0 Å². The first-order valence-corrected chi connectivity index (χ1v) is 7.51. The summed E-state index contributed by atoms with van der Waals surface area (Å²) in [5, 5.41) is 3.01. The molecule has 20 heavy (non-hydrogen) atoms. The monoisotopic (exact) mass is 284 g/mol. The van der Waals surface area contributed by atoms with Crippen LogP contribution in [0.1, 0.15) is 53.9 Å². The third kappa shape index (κ3) is 5.39. The van der Waals surface area contributed by atoms with Crippen molar-refractivity contribution in [2.45, 2.75) is 65.5 Å². The Balaban J connectivity index is 2.40. The second-order valence-electron chi connectivity index (χ2n) is 6.56. The molecule has 1 aliphatic heterocycles. The highest BCUT2D eigenvalue weighted by Crippen LogP contribution is 2.20. The fraction of sp³-hybridized carbons (Fsp3) is 0.867. The zero-order valence-electron chi connectivity index (χ0n) is 13.4. The molecule has 0 aromatic carbocycles. The van der Waals surface area contributed by atoms with E-state index in [1.807, 2.05) is 27.7 Å². The van der Waals surface area contributed by atoms with E-state index in [1.165, 1.54) is 0 Å². The first kappa shape index (κ1) is 16.8. The van der Waals surface area contributed by atoms with Crippen molar-refractivity contribution in [3.63, 3.8) is 0 Å². The number of rotatable bonds is 3. The first-order chi connectivity index (χ1) is 9.23. The summed E-state index contributed by atoms with van der Waals surface area (Å²) in [6, 6.07) is 0.214. The number of piperidine rings is 1. The maximum Gasteiger partial charge on any atom is 0.410 e. The van der Waals surface area contributed by atoms with Gasteiger partial charge in [-0.1, -0.05) is 6.92 Å². The van der Waals surface area contributed by atoms with E-state index in [9.17, 15) is 9.59 Å². The Hall–Kier alpha value is -1.26. The molecule has 5 heteroatoms.